The highest BCUT2D eigenvalue weighted by Gasteiger charge is 2.28. The summed E-state index contributed by atoms with van der Waals surface area (Å²) >= 11 is 0. The molecule has 0 radical (unpaired) electrons. The van der Waals surface area contributed by atoms with Gasteiger partial charge in [-0.05, 0) is 60.1 Å². The number of fused-ring (bicyclic) bond motifs is 1. The minimum absolute atomic E-state index is 0.285. The fourth-order valence-corrected chi connectivity index (χ4v) is 4.64. The normalized spacial score (nSPS) is 16.1. The van der Waals surface area contributed by atoms with Crippen LogP contribution in [-0.2, 0) is 0 Å². The lowest BCUT2D eigenvalue weighted by Crippen LogP contribution is -2.46. The summed E-state index contributed by atoms with van der Waals surface area (Å²) in [6, 6.07) is 19.3. The average molecular weight is 443 g/mol. The summed E-state index contributed by atoms with van der Waals surface area (Å²) in [5.74, 6) is -0.592. The average Bonchev–Trinajstić information content (AvgIpc) is 3.25. The SMILES string of the molecule is CN1CCN(C(c2ccc(F)cc2)c2cc(-c3ccc4[nH]cc(C#N)c4c3)ccc2F)CC1. The van der Waals surface area contributed by atoms with Crippen molar-refractivity contribution in [3.8, 4) is 17.2 Å². The Bertz CT molecular complexity index is 1330. The van der Waals surface area contributed by atoms with Crippen molar-refractivity contribution in [1.82, 2.24) is 14.8 Å². The van der Waals surface area contributed by atoms with E-state index in [2.05, 4.69) is 27.9 Å². The molecule has 1 atom stereocenters. The molecule has 1 unspecified atom stereocenters. The smallest absolute Gasteiger partial charge is 0.128 e. The number of halogens is 2. The molecular formula is C27H24F2N4. The van der Waals surface area contributed by atoms with Gasteiger partial charge in [0.1, 0.15) is 17.7 Å². The first-order valence-electron chi connectivity index (χ1n) is 11.0. The van der Waals surface area contributed by atoms with E-state index in [-0.39, 0.29) is 17.7 Å². The number of nitrogens with one attached hydrogen (secondary N) is 1. The molecule has 2 heterocycles. The van der Waals surface area contributed by atoms with Crippen molar-refractivity contribution in [1.29, 1.82) is 5.26 Å². The van der Waals surface area contributed by atoms with Crippen LogP contribution < -0.4 is 0 Å². The van der Waals surface area contributed by atoms with Crippen molar-refractivity contribution in [2.45, 2.75) is 6.04 Å². The van der Waals surface area contributed by atoms with E-state index in [4.69, 9.17) is 0 Å². The van der Waals surface area contributed by atoms with Gasteiger partial charge in [-0.3, -0.25) is 4.90 Å². The van der Waals surface area contributed by atoms with E-state index >= 15 is 4.39 Å². The molecule has 0 bridgehead atoms. The van der Waals surface area contributed by atoms with Crippen molar-refractivity contribution in [3.05, 3.63) is 95.2 Å². The zero-order valence-corrected chi connectivity index (χ0v) is 18.4. The van der Waals surface area contributed by atoms with Crippen molar-refractivity contribution in [2.75, 3.05) is 33.2 Å². The van der Waals surface area contributed by atoms with Crippen LogP contribution in [0.2, 0.25) is 0 Å². The molecule has 3 aromatic carbocycles. The Balaban J connectivity index is 1.60. The molecule has 1 aromatic heterocycles. The number of hydrogen-bond donors (Lipinski definition) is 1. The van der Waals surface area contributed by atoms with E-state index in [1.54, 1.807) is 24.4 Å². The Kier molecular flexibility index (Phi) is 5.67. The van der Waals surface area contributed by atoms with E-state index in [9.17, 15) is 9.65 Å². The van der Waals surface area contributed by atoms with Crippen LogP contribution >= 0.6 is 0 Å². The third-order valence-corrected chi connectivity index (χ3v) is 6.51. The molecule has 4 aromatic rings. The number of aromatic amines is 1. The number of nitriles is 1. The quantitative estimate of drug-likeness (QED) is 0.465. The molecular weight excluding hydrogens is 418 g/mol. The predicted molar refractivity (Wildman–Crippen MR) is 126 cm³/mol. The summed E-state index contributed by atoms with van der Waals surface area (Å²) in [7, 11) is 2.08. The molecule has 6 heteroatoms. The minimum Gasteiger partial charge on any atom is -0.360 e. The Morgan fingerprint density at radius 1 is 0.909 bits per heavy atom. The summed E-state index contributed by atoms with van der Waals surface area (Å²) in [6.07, 6.45) is 1.70. The van der Waals surface area contributed by atoms with E-state index in [1.807, 2.05) is 24.3 Å². The van der Waals surface area contributed by atoms with Crippen molar-refractivity contribution >= 4 is 10.9 Å². The standard InChI is InChI=1S/C27H24F2N4/c1-32-10-12-33(13-11-32)27(18-2-6-22(28)7-3-18)24-15-19(4-8-25(24)29)20-5-9-26-23(14-20)21(16-30)17-31-26/h2-9,14-15,17,27,31H,10-13H2,1H3. The van der Waals surface area contributed by atoms with Crippen LogP contribution in [0, 0.1) is 23.0 Å². The second-order valence-corrected chi connectivity index (χ2v) is 8.60. The van der Waals surface area contributed by atoms with Crippen LogP contribution in [0.4, 0.5) is 8.78 Å². The molecule has 33 heavy (non-hydrogen) atoms. The molecule has 0 amide bonds. The minimum atomic E-state index is -0.315. The lowest BCUT2D eigenvalue weighted by Gasteiger charge is -2.38. The molecule has 1 aliphatic heterocycles. The predicted octanol–water partition coefficient (Wildman–Crippen LogP) is 5.32. The molecule has 4 nitrogen and oxygen atoms in total. The van der Waals surface area contributed by atoms with Crippen molar-refractivity contribution < 1.29 is 8.78 Å². The number of piperazine rings is 1. The van der Waals surface area contributed by atoms with Gasteiger partial charge in [0, 0.05) is 48.8 Å². The number of nitrogens with zero attached hydrogens (tertiary/aromatic N) is 3. The van der Waals surface area contributed by atoms with E-state index in [0.29, 0.717) is 11.1 Å². The Hall–Kier alpha value is -3.53. The van der Waals surface area contributed by atoms with Gasteiger partial charge in [0.05, 0.1) is 11.6 Å². The summed E-state index contributed by atoms with van der Waals surface area (Å²) in [6.45, 7) is 3.37. The monoisotopic (exact) mass is 442 g/mol. The van der Waals surface area contributed by atoms with Gasteiger partial charge in [-0.2, -0.15) is 5.26 Å². The van der Waals surface area contributed by atoms with E-state index in [1.165, 1.54) is 18.2 Å². The van der Waals surface area contributed by atoms with Crippen molar-refractivity contribution in [3.63, 3.8) is 0 Å². The number of H-pyrrole nitrogens is 1. The second-order valence-electron chi connectivity index (χ2n) is 8.60. The number of benzene rings is 3. The van der Waals surface area contributed by atoms with E-state index < -0.39 is 0 Å². The molecule has 1 fully saturated rings. The van der Waals surface area contributed by atoms with Crippen LogP contribution in [-0.4, -0.2) is 48.0 Å². The number of rotatable bonds is 4. The van der Waals surface area contributed by atoms with Crippen LogP contribution in [0.1, 0.15) is 22.7 Å². The van der Waals surface area contributed by atoms with Gasteiger partial charge in [-0.1, -0.05) is 24.3 Å². The third-order valence-electron chi connectivity index (χ3n) is 6.51. The highest BCUT2D eigenvalue weighted by atomic mass is 19.1. The van der Waals surface area contributed by atoms with Crippen LogP contribution in [0.3, 0.4) is 0 Å². The van der Waals surface area contributed by atoms with Crippen LogP contribution in [0.15, 0.2) is 66.9 Å². The molecule has 1 saturated heterocycles. The zero-order chi connectivity index (χ0) is 22.9. The largest absolute Gasteiger partial charge is 0.360 e. The fraction of sp³-hybridized carbons (Fsp3) is 0.222. The summed E-state index contributed by atoms with van der Waals surface area (Å²) in [5.41, 5.74) is 4.69. The van der Waals surface area contributed by atoms with Gasteiger partial charge < -0.3 is 9.88 Å². The Labute approximate surface area is 191 Å². The molecule has 1 aliphatic rings. The number of aromatic nitrogens is 1. The molecule has 166 valence electrons. The summed E-state index contributed by atoms with van der Waals surface area (Å²) in [5, 5.41) is 10.2. The molecule has 1 N–H and O–H groups in total. The van der Waals surface area contributed by atoms with Crippen LogP contribution in [0.25, 0.3) is 22.0 Å². The first-order valence-corrected chi connectivity index (χ1v) is 11.0. The zero-order valence-electron chi connectivity index (χ0n) is 18.4. The van der Waals surface area contributed by atoms with Gasteiger partial charge in [-0.15, -0.1) is 0 Å². The fourth-order valence-electron chi connectivity index (χ4n) is 4.64. The highest BCUT2D eigenvalue weighted by Crippen LogP contribution is 2.35. The maximum atomic E-state index is 15.3. The van der Waals surface area contributed by atoms with Gasteiger partial charge in [0.2, 0.25) is 0 Å². The number of likely N-dealkylation sites (N-methyl/N-ethyl adjacent to an activating group) is 1. The second kappa shape index (κ2) is 8.78. The van der Waals surface area contributed by atoms with E-state index in [0.717, 1.165) is 53.8 Å². The molecule has 0 spiro atoms. The lowest BCUT2D eigenvalue weighted by atomic mass is 9.92. The van der Waals surface area contributed by atoms with Gasteiger partial charge in [0.15, 0.2) is 0 Å². The Morgan fingerprint density at radius 3 is 2.33 bits per heavy atom. The lowest BCUT2D eigenvalue weighted by molar-refractivity contribution is 0.125. The van der Waals surface area contributed by atoms with Crippen molar-refractivity contribution in [2.24, 2.45) is 0 Å². The van der Waals surface area contributed by atoms with Gasteiger partial charge in [-0.25, -0.2) is 8.78 Å². The summed E-state index contributed by atoms with van der Waals surface area (Å²) in [4.78, 5) is 7.62. The first-order chi connectivity index (χ1) is 16.0. The maximum absolute atomic E-state index is 15.3. The first kappa shape index (κ1) is 21.3. The maximum Gasteiger partial charge on any atom is 0.128 e. The topological polar surface area (TPSA) is 46.1 Å². The molecule has 5 rings (SSSR count). The summed E-state index contributed by atoms with van der Waals surface area (Å²) < 4.78 is 28.9. The van der Waals surface area contributed by atoms with Gasteiger partial charge in [0.25, 0.3) is 0 Å². The number of hydrogen-bond acceptors (Lipinski definition) is 3. The Morgan fingerprint density at radius 2 is 1.61 bits per heavy atom. The van der Waals surface area contributed by atoms with Crippen LogP contribution in [0.5, 0.6) is 0 Å². The molecule has 0 saturated carbocycles. The highest BCUT2D eigenvalue weighted by molar-refractivity contribution is 5.89. The molecule has 0 aliphatic carbocycles. The third kappa shape index (κ3) is 4.13. The van der Waals surface area contributed by atoms with Gasteiger partial charge >= 0.3 is 0 Å².